The van der Waals surface area contributed by atoms with Gasteiger partial charge in [0.05, 0.1) is 17.7 Å². The van der Waals surface area contributed by atoms with E-state index in [-0.39, 0.29) is 17.8 Å². The maximum absolute atomic E-state index is 13.3. The van der Waals surface area contributed by atoms with Crippen molar-refractivity contribution >= 4 is 11.9 Å². The molecule has 0 N–H and O–H groups in total. The van der Waals surface area contributed by atoms with Gasteiger partial charge in [-0.25, -0.2) is 0 Å². The highest BCUT2D eigenvalue weighted by Gasteiger charge is 2.44. The van der Waals surface area contributed by atoms with Gasteiger partial charge in [-0.2, -0.15) is 5.10 Å². The van der Waals surface area contributed by atoms with Crippen molar-refractivity contribution in [3.05, 3.63) is 53.3 Å². The molecule has 2 heterocycles. The summed E-state index contributed by atoms with van der Waals surface area (Å²) in [6.07, 6.45) is 4.06. The average molecular weight is 426 g/mol. The van der Waals surface area contributed by atoms with E-state index in [1.807, 2.05) is 43.1 Å². The topological polar surface area (TPSA) is 64.4 Å². The predicted molar refractivity (Wildman–Crippen MR) is 121 cm³/mol. The Labute approximate surface area is 185 Å². The maximum atomic E-state index is 13.3. The lowest BCUT2D eigenvalue weighted by atomic mass is 9.75. The number of hydrogen-bond donors (Lipinski definition) is 0. The molecule has 6 nitrogen and oxygen atoms in total. The summed E-state index contributed by atoms with van der Waals surface area (Å²) < 4.78 is 7.15. The van der Waals surface area contributed by atoms with E-state index in [0.29, 0.717) is 31.8 Å². The van der Waals surface area contributed by atoms with Gasteiger partial charge < -0.3 is 9.64 Å². The summed E-state index contributed by atoms with van der Waals surface area (Å²) in [5, 5.41) is 4.49. The van der Waals surface area contributed by atoms with Gasteiger partial charge >= 0.3 is 5.97 Å². The number of likely N-dealkylation sites (tertiary alicyclic amines) is 1. The van der Waals surface area contributed by atoms with Gasteiger partial charge in [-0.15, -0.1) is 0 Å². The standard InChI is InChI=1S/C25H35N3O3/c1-5-31-24(30)25(14-9-13-20-11-7-6-8-12-20)15-10-16-28(18-25)23(29)22-17-21(19(2)3)26-27(22)4/h6-8,11-12,17,19H,5,9-10,13-16,18H2,1-4H3. The van der Waals surface area contributed by atoms with Crippen LogP contribution in [0.3, 0.4) is 0 Å². The molecule has 1 aromatic heterocycles. The summed E-state index contributed by atoms with van der Waals surface area (Å²) >= 11 is 0. The normalized spacial score (nSPS) is 18.9. The Morgan fingerprint density at radius 2 is 1.97 bits per heavy atom. The van der Waals surface area contributed by atoms with Crippen LogP contribution < -0.4 is 0 Å². The first-order chi connectivity index (χ1) is 14.9. The van der Waals surface area contributed by atoms with Crippen LogP contribution in [-0.2, 0) is 23.0 Å². The highest BCUT2D eigenvalue weighted by Crippen LogP contribution is 2.37. The molecule has 1 aromatic carbocycles. The minimum Gasteiger partial charge on any atom is -0.466 e. The molecule has 2 aromatic rings. The van der Waals surface area contributed by atoms with Crippen molar-refractivity contribution in [2.45, 2.75) is 58.8 Å². The number of ether oxygens (including phenoxy) is 1. The molecule has 0 bridgehead atoms. The molecule has 3 rings (SSSR count). The smallest absolute Gasteiger partial charge is 0.313 e. The molecule has 1 aliphatic heterocycles. The van der Waals surface area contributed by atoms with Gasteiger partial charge in [0.15, 0.2) is 0 Å². The Bertz CT molecular complexity index is 891. The number of carbonyl (C=O) groups excluding carboxylic acids is 2. The minimum absolute atomic E-state index is 0.0571. The van der Waals surface area contributed by atoms with Crippen molar-refractivity contribution in [2.24, 2.45) is 12.5 Å². The third-order valence-corrected chi connectivity index (χ3v) is 6.25. The highest BCUT2D eigenvalue weighted by molar-refractivity contribution is 5.93. The number of benzene rings is 1. The van der Waals surface area contributed by atoms with E-state index in [2.05, 4.69) is 31.1 Å². The molecule has 1 atom stereocenters. The molecule has 168 valence electrons. The van der Waals surface area contributed by atoms with Gasteiger partial charge in [0, 0.05) is 20.1 Å². The molecule has 0 spiro atoms. The van der Waals surface area contributed by atoms with Gasteiger partial charge in [-0.05, 0) is 56.6 Å². The zero-order valence-corrected chi connectivity index (χ0v) is 19.3. The van der Waals surface area contributed by atoms with Crippen LogP contribution in [0, 0.1) is 5.41 Å². The largest absolute Gasteiger partial charge is 0.466 e. The molecular weight excluding hydrogens is 390 g/mol. The van der Waals surface area contributed by atoms with Gasteiger partial charge in [-0.1, -0.05) is 44.2 Å². The van der Waals surface area contributed by atoms with E-state index >= 15 is 0 Å². The zero-order chi connectivity index (χ0) is 22.4. The highest BCUT2D eigenvalue weighted by atomic mass is 16.5. The zero-order valence-electron chi connectivity index (χ0n) is 19.3. The number of aromatic nitrogens is 2. The number of carbonyl (C=O) groups is 2. The summed E-state index contributed by atoms with van der Waals surface area (Å²) in [5.41, 5.74) is 2.11. The van der Waals surface area contributed by atoms with E-state index in [9.17, 15) is 9.59 Å². The van der Waals surface area contributed by atoms with Crippen LogP contribution >= 0.6 is 0 Å². The van der Waals surface area contributed by atoms with Crippen molar-refractivity contribution < 1.29 is 14.3 Å². The molecule has 1 aliphatic rings. The van der Waals surface area contributed by atoms with Crippen molar-refractivity contribution in [1.82, 2.24) is 14.7 Å². The van der Waals surface area contributed by atoms with Crippen LogP contribution in [0.1, 0.15) is 74.1 Å². The predicted octanol–water partition coefficient (Wildman–Crippen LogP) is 4.35. The fourth-order valence-corrected chi connectivity index (χ4v) is 4.47. The lowest BCUT2D eigenvalue weighted by Gasteiger charge is -2.41. The first-order valence-corrected chi connectivity index (χ1v) is 11.4. The number of aryl methyl sites for hydroxylation is 2. The lowest BCUT2D eigenvalue weighted by Crippen LogP contribution is -2.50. The van der Waals surface area contributed by atoms with E-state index in [1.54, 1.807) is 4.68 Å². The van der Waals surface area contributed by atoms with Crippen molar-refractivity contribution in [3.63, 3.8) is 0 Å². The first-order valence-electron chi connectivity index (χ1n) is 11.4. The van der Waals surface area contributed by atoms with E-state index in [1.165, 1.54) is 5.56 Å². The molecule has 0 aliphatic carbocycles. The Kier molecular flexibility index (Phi) is 7.52. The number of rotatable bonds is 8. The maximum Gasteiger partial charge on any atom is 0.313 e. The second-order valence-electron chi connectivity index (χ2n) is 8.90. The molecule has 1 saturated heterocycles. The summed E-state index contributed by atoms with van der Waals surface area (Å²) in [6.45, 7) is 7.38. The van der Waals surface area contributed by atoms with Gasteiger partial charge in [-0.3, -0.25) is 14.3 Å². The van der Waals surface area contributed by atoms with E-state index < -0.39 is 5.41 Å². The summed E-state index contributed by atoms with van der Waals surface area (Å²) in [7, 11) is 1.81. The SMILES string of the molecule is CCOC(=O)C1(CCCc2ccccc2)CCCN(C(=O)c2cc(C(C)C)nn2C)C1. The Hall–Kier alpha value is -2.63. The number of amides is 1. The summed E-state index contributed by atoms with van der Waals surface area (Å²) in [6, 6.07) is 12.2. The summed E-state index contributed by atoms with van der Waals surface area (Å²) in [5.74, 6) is 0.0254. The first kappa shape index (κ1) is 23.0. The van der Waals surface area contributed by atoms with Gasteiger partial charge in [0.25, 0.3) is 5.91 Å². The van der Waals surface area contributed by atoms with Crippen LogP contribution in [0.2, 0.25) is 0 Å². The molecule has 1 amide bonds. The Morgan fingerprint density at radius 1 is 1.23 bits per heavy atom. The number of nitrogens with zero attached hydrogens (tertiary/aromatic N) is 3. The average Bonchev–Trinajstić information content (AvgIpc) is 3.16. The quantitative estimate of drug-likeness (QED) is 0.590. The van der Waals surface area contributed by atoms with E-state index in [0.717, 1.165) is 31.4 Å². The lowest BCUT2D eigenvalue weighted by molar-refractivity contribution is -0.159. The molecule has 6 heteroatoms. The fourth-order valence-electron chi connectivity index (χ4n) is 4.47. The third kappa shape index (κ3) is 5.35. The Balaban J connectivity index is 1.76. The van der Waals surface area contributed by atoms with Crippen LogP contribution in [0.4, 0.5) is 0 Å². The number of piperidine rings is 1. The van der Waals surface area contributed by atoms with Gasteiger partial charge in [0.2, 0.25) is 0 Å². The number of hydrogen-bond acceptors (Lipinski definition) is 4. The molecule has 1 unspecified atom stereocenters. The Morgan fingerprint density at radius 3 is 2.61 bits per heavy atom. The van der Waals surface area contributed by atoms with Crippen LogP contribution in [0.5, 0.6) is 0 Å². The minimum atomic E-state index is -0.641. The van der Waals surface area contributed by atoms with E-state index in [4.69, 9.17) is 4.74 Å². The van der Waals surface area contributed by atoms with Crippen molar-refractivity contribution in [3.8, 4) is 0 Å². The summed E-state index contributed by atoms with van der Waals surface area (Å²) in [4.78, 5) is 28.2. The van der Waals surface area contributed by atoms with Crippen LogP contribution in [0.15, 0.2) is 36.4 Å². The third-order valence-electron chi connectivity index (χ3n) is 6.25. The van der Waals surface area contributed by atoms with Gasteiger partial charge in [0.1, 0.15) is 5.69 Å². The second-order valence-corrected chi connectivity index (χ2v) is 8.90. The number of esters is 1. The van der Waals surface area contributed by atoms with Crippen LogP contribution in [-0.4, -0.2) is 46.3 Å². The monoisotopic (exact) mass is 425 g/mol. The molecule has 1 fully saturated rings. The second kappa shape index (κ2) is 10.1. The molecule has 0 saturated carbocycles. The molecular formula is C25H35N3O3. The molecule has 31 heavy (non-hydrogen) atoms. The fraction of sp³-hybridized carbons (Fsp3) is 0.560. The van der Waals surface area contributed by atoms with Crippen molar-refractivity contribution in [1.29, 1.82) is 0 Å². The van der Waals surface area contributed by atoms with Crippen molar-refractivity contribution in [2.75, 3.05) is 19.7 Å². The molecule has 0 radical (unpaired) electrons. The van der Waals surface area contributed by atoms with Crippen LogP contribution in [0.25, 0.3) is 0 Å².